The first-order chi connectivity index (χ1) is 6.69. The van der Waals surface area contributed by atoms with Crippen molar-refractivity contribution in [2.24, 2.45) is 5.16 Å². The summed E-state index contributed by atoms with van der Waals surface area (Å²) in [6, 6.07) is 5.99. The molecule has 0 saturated heterocycles. The zero-order valence-corrected chi connectivity index (χ0v) is 8.56. The Morgan fingerprint density at radius 2 is 1.93 bits per heavy atom. The average Bonchev–Trinajstić information content (AvgIpc) is 2.27. The van der Waals surface area contributed by atoms with Gasteiger partial charge in [0.2, 0.25) is 5.78 Å². The van der Waals surface area contributed by atoms with Crippen LogP contribution < -0.4 is 0 Å². The first-order valence-corrected chi connectivity index (χ1v) is 4.46. The summed E-state index contributed by atoms with van der Waals surface area (Å²) in [7, 11) is 0. The molecule has 1 aromatic rings. The lowest BCUT2D eigenvalue weighted by molar-refractivity contribution is 0.106. The van der Waals surface area contributed by atoms with Gasteiger partial charge >= 0.3 is 0 Å². The predicted octanol–water partition coefficient (Wildman–Crippen LogP) is 1.86. The number of Topliss-reactive ketones (excluding diaryl/α,β-unsaturated/α-hetero) is 1. The molecule has 1 N–H and O–H groups in total. The lowest BCUT2D eigenvalue weighted by atomic mass is 10.1. The van der Waals surface area contributed by atoms with Crippen molar-refractivity contribution in [2.45, 2.75) is 0 Å². The van der Waals surface area contributed by atoms with E-state index in [0.29, 0.717) is 17.4 Å². The third-order valence-corrected chi connectivity index (χ3v) is 2.10. The highest BCUT2D eigenvalue weighted by Crippen LogP contribution is 2.06. The molecule has 0 heterocycles. The van der Waals surface area contributed by atoms with Crippen LogP contribution in [0.2, 0.25) is 0 Å². The van der Waals surface area contributed by atoms with Gasteiger partial charge in [-0.25, -0.2) is 0 Å². The van der Waals surface area contributed by atoms with Gasteiger partial charge in [-0.3, -0.25) is 9.59 Å². The standard InChI is InChI=1S/C9H6BrNO3/c10-9(11-14)8(13)7-3-1-6(5-12)2-4-7/h1-5,14H. The highest BCUT2D eigenvalue weighted by Gasteiger charge is 2.10. The first kappa shape index (κ1) is 10.6. The number of aldehydes is 1. The number of ketones is 1. The normalized spacial score (nSPS) is 11.1. The van der Waals surface area contributed by atoms with Gasteiger partial charge in [-0.1, -0.05) is 29.4 Å². The van der Waals surface area contributed by atoms with Crippen LogP contribution in [-0.2, 0) is 0 Å². The molecule has 0 bridgehead atoms. The summed E-state index contributed by atoms with van der Waals surface area (Å²) < 4.78 is -0.170. The summed E-state index contributed by atoms with van der Waals surface area (Å²) in [5, 5.41) is 11.1. The van der Waals surface area contributed by atoms with E-state index in [9.17, 15) is 9.59 Å². The van der Waals surface area contributed by atoms with Crippen molar-refractivity contribution in [2.75, 3.05) is 0 Å². The number of nitrogens with zero attached hydrogens (tertiary/aromatic N) is 1. The van der Waals surface area contributed by atoms with Gasteiger partial charge in [-0.2, -0.15) is 0 Å². The van der Waals surface area contributed by atoms with Gasteiger partial charge in [-0.15, -0.1) is 0 Å². The zero-order valence-electron chi connectivity index (χ0n) is 6.98. The second-order valence-corrected chi connectivity index (χ2v) is 3.21. The Bertz CT molecular complexity index is 384. The molecule has 0 aliphatic heterocycles. The molecular formula is C9H6BrNO3. The molecule has 1 rings (SSSR count). The number of oxime groups is 1. The Kier molecular flexibility index (Phi) is 3.53. The molecule has 0 aromatic heterocycles. The van der Waals surface area contributed by atoms with Crippen molar-refractivity contribution in [3.05, 3.63) is 35.4 Å². The van der Waals surface area contributed by atoms with Crippen molar-refractivity contribution in [3.8, 4) is 0 Å². The van der Waals surface area contributed by atoms with E-state index < -0.39 is 5.78 Å². The molecule has 0 aliphatic rings. The van der Waals surface area contributed by atoms with Gasteiger partial charge in [0.05, 0.1) is 0 Å². The lowest BCUT2D eigenvalue weighted by Crippen LogP contribution is -2.07. The van der Waals surface area contributed by atoms with E-state index in [4.69, 9.17) is 5.21 Å². The maximum atomic E-state index is 11.3. The minimum atomic E-state index is -0.440. The van der Waals surface area contributed by atoms with Crippen molar-refractivity contribution in [3.63, 3.8) is 0 Å². The fourth-order valence-electron chi connectivity index (χ4n) is 0.878. The molecule has 72 valence electrons. The van der Waals surface area contributed by atoms with E-state index in [1.54, 1.807) is 0 Å². The second kappa shape index (κ2) is 4.66. The van der Waals surface area contributed by atoms with E-state index in [1.807, 2.05) is 0 Å². The minimum Gasteiger partial charge on any atom is -0.410 e. The molecular weight excluding hydrogens is 250 g/mol. The SMILES string of the molecule is O=Cc1ccc(C(=O)C(Br)=NO)cc1. The maximum absolute atomic E-state index is 11.3. The van der Waals surface area contributed by atoms with Gasteiger partial charge in [0.15, 0.2) is 4.62 Å². The number of carbonyl (C=O) groups is 2. The quantitative estimate of drug-likeness (QED) is 0.295. The Balaban J connectivity index is 2.98. The summed E-state index contributed by atoms with van der Waals surface area (Å²) in [6.07, 6.45) is 0.684. The smallest absolute Gasteiger partial charge is 0.221 e. The van der Waals surface area contributed by atoms with Crippen LogP contribution in [-0.4, -0.2) is 21.9 Å². The fraction of sp³-hybridized carbons (Fsp3) is 0. The Morgan fingerprint density at radius 3 is 2.36 bits per heavy atom. The van der Waals surface area contributed by atoms with Gasteiger partial charge < -0.3 is 5.21 Å². The molecule has 0 atom stereocenters. The monoisotopic (exact) mass is 255 g/mol. The zero-order chi connectivity index (χ0) is 10.6. The molecule has 0 fully saturated rings. The molecule has 0 aliphatic carbocycles. The van der Waals surface area contributed by atoms with E-state index in [-0.39, 0.29) is 4.62 Å². The van der Waals surface area contributed by atoms with Crippen molar-refractivity contribution < 1.29 is 14.8 Å². The van der Waals surface area contributed by atoms with E-state index in [0.717, 1.165) is 0 Å². The molecule has 0 radical (unpaired) electrons. The number of rotatable bonds is 3. The summed E-state index contributed by atoms with van der Waals surface area (Å²) >= 11 is 2.80. The molecule has 4 nitrogen and oxygen atoms in total. The van der Waals surface area contributed by atoms with Crippen molar-refractivity contribution in [1.29, 1.82) is 0 Å². The van der Waals surface area contributed by atoms with Gasteiger partial charge in [-0.05, 0) is 15.9 Å². The van der Waals surface area contributed by atoms with Crippen LogP contribution in [0.3, 0.4) is 0 Å². The Morgan fingerprint density at radius 1 is 1.36 bits per heavy atom. The molecule has 0 unspecified atom stereocenters. The number of hydrogen-bond acceptors (Lipinski definition) is 4. The number of hydrogen-bond donors (Lipinski definition) is 1. The summed E-state index contributed by atoms with van der Waals surface area (Å²) in [5.41, 5.74) is 0.832. The van der Waals surface area contributed by atoms with E-state index in [1.165, 1.54) is 24.3 Å². The molecule has 5 heteroatoms. The van der Waals surface area contributed by atoms with Crippen LogP contribution in [0.15, 0.2) is 29.4 Å². The highest BCUT2D eigenvalue weighted by atomic mass is 79.9. The van der Waals surface area contributed by atoms with Gasteiger partial charge in [0.1, 0.15) is 6.29 Å². The summed E-state index contributed by atoms with van der Waals surface area (Å²) in [6.45, 7) is 0. The Hall–Kier alpha value is -1.49. The molecule has 1 aromatic carbocycles. The van der Waals surface area contributed by atoms with Crippen LogP contribution in [0.1, 0.15) is 20.7 Å². The third-order valence-electron chi connectivity index (χ3n) is 1.58. The summed E-state index contributed by atoms with van der Waals surface area (Å²) in [4.78, 5) is 21.7. The number of benzene rings is 1. The van der Waals surface area contributed by atoms with Crippen LogP contribution >= 0.6 is 15.9 Å². The van der Waals surface area contributed by atoms with E-state index in [2.05, 4.69) is 21.1 Å². The largest absolute Gasteiger partial charge is 0.410 e. The van der Waals surface area contributed by atoms with Crippen molar-refractivity contribution >= 4 is 32.6 Å². The molecule has 0 spiro atoms. The van der Waals surface area contributed by atoms with E-state index >= 15 is 0 Å². The maximum Gasteiger partial charge on any atom is 0.221 e. The topological polar surface area (TPSA) is 66.7 Å². The summed E-state index contributed by atoms with van der Waals surface area (Å²) in [5.74, 6) is -0.440. The fourth-order valence-corrected chi connectivity index (χ4v) is 1.11. The highest BCUT2D eigenvalue weighted by molar-refractivity contribution is 9.19. The van der Waals surface area contributed by atoms with Crippen molar-refractivity contribution in [1.82, 2.24) is 0 Å². The number of carbonyl (C=O) groups excluding carboxylic acids is 2. The average molecular weight is 256 g/mol. The van der Waals surface area contributed by atoms with Gasteiger partial charge in [0.25, 0.3) is 0 Å². The first-order valence-electron chi connectivity index (χ1n) is 3.66. The number of halogens is 1. The Labute approximate surface area is 88.4 Å². The van der Waals surface area contributed by atoms with Crippen LogP contribution in [0.4, 0.5) is 0 Å². The van der Waals surface area contributed by atoms with Crippen LogP contribution in [0.5, 0.6) is 0 Å². The van der Waals surface area contributed by atoms with Gasteiger partial charge in [0, 0.05) is 11.1 Å². The molecule has 0 amide bonds. The van der Waals surface area contributed by atoms with Crippen LogP contribution in [0, 0.1) is 0 Å². The van der Waals surface area contributed by atoms with Crippen LogP contribution in [0.25, 0.3) is 0 Å². The lowest BCUT2D eigenvalue weighted by Gasteiger charge is -1.97. The second-order valence-electron chi connectivity index (χ2n) is 2.46. The molecule has 14 heavy (non-hydrogen) atoms. The minimum absolute atomic E-state index is 0.170. The molecule has 0 saturated carbocycles. The predicted molar refractivity (Wildman–Crippen MR) is 54.3 cm³/mol. The third kappa shape index (κ3) is 2.26.